The Morgan fingerprint density at radius 2 is 1.93 bits per heavy atom. The normalized spacial score (nSPS) is 11.0. The van der Waals surface area contributed by atoms with E-state index < -0.39 is 0 Å². The first-order chi connectivity index (χ1) is 13.5. The predicted molar refractivity (Wildman–Crippen MR) is 129 cm³/mol. The Morgan fingerprint density at radius 1 is 1.17 bits per heavy atom. The molecule has 0 aliphatic rings. The minimum Gasteiger partial charge on any atom is -0.357 e. The monoisotopic (exact) mass is 512 g/mol. The van der Waals surface area contributed by atoms with Crippen molar-refractivity contribution in [2.45, 2.75) is 47.2 Å². The lowest BCUT2D eigenvalue weighted by molar-refractivity contribution is 0.0953. The van der Waals surface area contributed by atoms with Crippen LogP contribution >= 0.6 is 24.0 Å². The van der Waals surface area contributed by atoms with E-state index in [1.807, 2.05) is 56.8 Å². The van der Waals surface area contributed by atoms with E-state index in [-0.39, 0.29) is 29.9 Å². The molecular formula is C21H33IN6O. The number of nitrogens with zero attached hydrogens (tertiary/aromatic N) is 3. The fraction of sp³-hybridized carbons (Fsp3) is 0.476. The first-order valence-corrected chi connectivity index (χ1v) is 9.84. The first kappa shape index (κ1) is 24.9. The highest BCUT2D eigenvalue weighted by Gasteiger charge is 2.10. The molecule has 1 aromatic carbocycles. The van der Waals surface area contributed by atoms with Crippen molar-refractivity contribution in [3.8, 4) is 0 Å². The Labute approximate surface area is 190 Å². The first-order valence-electron chi connectivity index (χ1n) is 9.84. The van der Waals surface area contributed by atoms with Gasteiger partial charge in [0.1, 0.15) is 0 Å². The topological polar surface area (TPSA) is 83.3 Å². The molecule has 0 saturated heterocycles. The van der Waals surface area contributed by atoms with E-state index in [9.17, 15) is 4.79 Å². The molecule has 0 atom stereocenters. The van der Waals surface area contributed by atoms with E-state index >= 15 is 0 Å². The van der Waals surface area contributed by atoms with Crippen LogP contribution in [0.3, 0.4) is 0 Å². The van der Waals surface area contributed by atoms with Gasteiger partial charge in [-0.25, -0.2) is 4.99 Å². The molecule has 1 aromatic heterocycles. The van der Waals surface area contributed by atoms with Crippen molar-refractivity contribution in [1.29, 1.82) is 0 Å². The molecule has 0 bridgehead atoms. The molecule has 160 valence electrons. The molecule has 0 spiro atoms. The van der Waals surface area contributed by atoms with Crippen LogP contribution in [0.5, 0.6) is 0 Å². The van der Waals surface area contributed by atoms with Gasteiger partial charge in [0, 0.05) is 43.5 Å². The van der Waals surface area contributed by atoms with E-state index in [1.165, 1.54) is 5.56 Å². The van der Waals surface area contributed by atoms with Crippen LogP contribution in [-0.2, 0) is 20.1 Å². The molecule has 1 heterocycles. The summed E-state index contributed by atoms with van der Waals surface area (Å²) in [6.45, 7) is 10.8. The van der Waals surface area contributed by atoms with Gasteiger partial charge in [-0.15, -0.1) is 24.0 Å². The molecule has 2 aromatic rings. The van der Waals surface area contributed by atoms with Crippen LogP contribution in [0, 0.1) is 13.8 Å². The maximum Gasteiger partial charge on any atom is 0.251 e. The summed E-state index contributed by atoms with van der Waals surface area (Å²) >= 11 is 0. The Morgan fingerprint density at radius 3 is 2.55 bits per heavy atom. The van der Waals surface area contributed by atoms with Crippen LogP contribution in [0.2, 0.25) is 0 Å². The molecule has 0 radical (unpaired) electrons. The van der Waals surface area contributed by atoms with Crippen molar-refractivity contribution in [3.05, 3.63) is 52.3 Å². The summed E-state index contributed by atoms with van der Waals surface area (Å²) in [6, 6.07) is 7.61. The van der Waals surface area contributed by atoms with Gasteiger partial charge in [0.25, 0.3) is 5.91 Å². The molecule has 0 fully saturated rings. The molecule has 8 heteroatoms. The summed E-state index contributed by atoms with van der Waals surface area (Å²) in [5.74, 6) is 0.700. The van der Waals surface area contributed by atoms with Crippen molar-refractivity contribution >= 4 is 35.8 Å². The molecule has 0 aliphatic heterocycles. The highest BCUT2D eigenvalue weighted by atomic mass is 127. The van der Waals surface area contributed by atoms with Gasteiger partial charge in [0.2, 0.25) is 0 Å². The molecule has 0 saturated carbocycles. The maximum absolute atomic E-state index is 12.1. The van der Waals surface area contributed by atoms with Gasteiger partial charge >= 0.3 is 0 Å². The van der Waals surface area contributed by atoms with Gasteiger partial charge < -0.3 is 16.0 Å². The molecule has 0 unspecified atom stereocenters. The van der Waals surface area contributed by atoms with Crippen LogP contribution < -0.4 is 16.0 Å². The van der Waals surface area contributed by atoms with E-state index in [1.54, 1.807) is 0 Å². The van der Waals surface area contributed by atoms with Gasteiger partial charge in [-0.1, -0.05) is 19.1 Å². The maximum atomic E-state index is 12.1. The number of aromatic nitrogens is 2. The smallest absolute Gasteiger partial charge is 0.251 e. The minimum absolute atomic E-state index is 0. The number of halogens is 1. The lowest BCUT2D eigenvalue weighted by Crippen LogP contribution is -2.37. The average molecular weight is 512 g/mol. The van der Waals surface area contributed by atoms with Crippen molar-refractivity contribution < 1.29 is 4.79 Å². The van der Waals surface area contributed by atoms with E-state index in [0.29, 0.717) is 25.2 Å². The van der Waals surface area contributed by atoms with Crippen LogP contribution in [0.4, 0.5) is 0 Å². The fourth-order valence-electron chi connectivity index (χ4n) is 2.91. The number of guanidine groups is 1. The number of aryl methyl sites for hydroxylation is 2. The summed E-state index contributed by atoms with van der Waals surface area (Å²) in [4.78, 5) is 16.8. The summed E-state index contributed by atoms with van der Waals surface area (Å²) in [7, 11) is 1.95. The fourth-order valence-corrected chi connectivity index (χ4v) is 2.91. The largest absolute Gasteiger partial charge is 0.357 e. The van der Waals surface area contributed by atoms with Crippen LogP contribution in [0.25, 0.3) is 0 Å². The zero-order valence-electron chi connectivity index (χ0n) is 18.0. The number of amides is 1. The van der Waals surface area contributed by atoms with Crippen LogP contribution in [0.15, 0.2) is 29.3 Å². The molecular weight excluding hydrogens is 479 g/mol. The number of aliphatic imine (C=N–C) groups is 1. The quantitative estimate of drug-likeness (QED) is 0.289. The second kappa shape index (κ2) is 12.5. The van der Waals surface area contributed by atoms with Crippen molar-refractivity contribution in [2.24, 2.45) is 12.0 Å². The summed E-state index contributed by atoms with van der Waals surface area (Å²) in [6.07, 6.45) is 0.920. The number of nitrogens with one attached hydrogen (secondary N) is 3. The second-order valence-electron chi connectivity index (χ2n) is 6.78. The van der Waals surface area contributed by atoms with E-state index in [4.69, 9.17) is 0 Å². The lowest BCUT2D eigenvalue weighted by atomic mass is 10.1. The lowest BCUT2D eigenvalue weighted by Gasteiger charge is -2.12. The number of hydrogen-bond acceptors (Lipinski definition) is 3. The molecule has 7 nitrogen and oxygen atoms in total. The van der Waals surface area contributed by atoms with Crippen LogP contribution in [-0.4, -0.2) is 34.7 Å². The van der Waals surface area contributed by atoms with Gasteiger partial charge in [-0.3, -0.25) is 9.48 Å². The minimum atomic E-state index is -0.0414. The van der Waals surface area contributed by atoms with E-state index in [0.717, 1.165) is 35.9 Å². The van der Waals surface area contributed by atoms with Gasteiger partial charge in [0.15, 0.2) is 5.96 Å². The molecule has 1 amide bonds. The zero-order valence-corrected chi connectivity index (χ0v) is 20.3. The third-order valence-corrected chi connectivity index (χ3v) is 4.58. The molecule has 3 N–H and O–H groups in total. The van der Waals surface area contributed by atoms with Gasteiger partial charge in [-0.2, -0.15) is 5.10 Å². The van der Waals surface area contributed by atoms with Gasteiger partial charge in [-0.05, 0) is 44.9 Å². The summed E-state index contributed by atoms with van der Waals surface area (Å²) in [5.41, 5.74) is 5.01. The second-order valence-corrected chi connectivity index (χ2v) is 6.78. The standard InChI is InChI=1S/C21H32N6O.HI/c1-6-11-23-20(28)18-10-8-9-17(12-18)13-24-21(22-7-2)25-14-19-15(3)26-27(5)16(19)4;/h8-10,12H,6-7,11,13-14H2,1-5H3,(H,23,28)(H2,22,24,25);1H. The highest BCUT2D eigenvalue weighted by molar-refractivity contribution is 14.0. The Bertz CT molecular complexity index is 831. The van der Waals surface area contributed by atoms with Crippen molar-refractivity contribution in [3.63, 3.8) is 0 Å². The zero-order chi connectivity index (χ0) is 20.5. The number of carbonyl (C=O) groups is 1. The Kier molecular flexibility index (Phi) is 10.7. The Hall–Kier alpha value is -2.10. The number of benzene rings is 1. The molecule has 2 rings (SSSR count). The number of rotatable bonds is 8. The van der Waals surface area contributed by atoms with Gasteiger partial charge in [0.05, 0.1) is 12.2 Å². The van der Waals surface area contributed by atoms with Crippen molar-refractivity contribution in [2.75, 3.05) is 13.1 Å². The highest BCUT2D eigenvalue weighted by Crippen LogP contribution is 2.11. The molecule has 29 heavy (non-hydrogen) atoms. The SMILES string of the molecule is CCCNC(=O)c1cccc(CN=C(NCC)NCc2c(C)nn(C)c2C)c1.I. The number of carbonyl (C=O) groups excluding carboxylic acids is 1. The average Bonchev–Trinajstić information content (AvgIpc) is 2.93. The summed E-state index contributed by atoms with van der Waals surface area (Å²) in [5, 5.41) is 14.0. The molecule has 0 aliphatic carbocycles. The van der Waals surface area contributed by atoms with Crippen LogP contribution in [0.1, 0.15) is 53.1 Å². The predicted octanol–water partition coefficient (Wildman–Crippen LogP) is 3.05. The summed E-state index contributed by atoms with van der Waals surface area (Å²) < 4.78 is 1.89. The number of hydrogen-bond donors (Lipinski definition) is 3. The third-order valence-electron chi connectivity index (χ3n) is 4.58. The third kappa shape index (κ3) is 7.34. The Balaban J connectivity index is 0.00000420. The van der Waals surface area contributed by atoms with Crippen molar-refractivity contribution in [1.82, 2.24) is 25.7 Å². The van der Waals surface area contributed by atoms with E-state index in [2.05, 4.69) is 33.0 Å².